The highest BCUT2D eigenvalue weighted by Gasteiger charge is 2.18. The minimum atomic E-state index is 0.196. The lowest BCUT2D eigenvalue weighted by molar-refractivity contribution is 0.0864. The standard InChI is InChI=1S/C27H23ClN6O/c28-18-4-3-5-21(12-18)34-26-7-2-1-6-22(26)33-25-13-23(32-20-15-29-17-30-16-20)24(14-27(25)34)31-19-8-10-35-11-9-19/h1-7,12-17,19,32H,8-11H2/b31-24+. The molecule has 3 heterocycles. The number of halogens is 1. The molecule has 0 bridgehead atoms. The lowest BCUT2D eigenvalue weighted by Gasteiger charge is -2.22. The zero-order chi connectivity index (χ0) is 23.6. The molecule has 1 saturated heterocycles. The van der Waals surface area contributed by atoms with E-state index in [9.17, 15) is 0 Å². The van der Waals surface area contributed by atoms with Crippen LogP contribution in [0.25, 0.3) is 28.1 Å². The summed E-state index contributed by atoms with van der Waals surface area (Å²) >= 11 is 6.39. The van der Waals surface area contributed by atoms with E-state index in [2.05, 4.69) is 38.1 Å². The fourth-order valence-corrected chi connectivity index (χ4v) is 4.66. The van der Waals surface area contributed by atoms with Crippen LogP contribution in [0.4, 0.5) is 11.4 Å². The maximum Gasteiger partial charge on any atom is 0.115 e. The van der Waals surface area contributed by atoms with Crippen LogP contribution in [0.1, 0.15) is 12.8 Å². The summed E-state index contributed by atoms with van der Waals surface area (Å²) in [5.41, 5.74) is 6.30. The summed E-state index contributed by atoms with van der Waals surface area (Å²) in [4.78, 5) is 18.4. The lowest BCUT2D eigenvalue weighted by Crippen LogP contribution is -2.23. The van der Waals surface area contributed by atoms with E-state index in [0.29, 0.717) is 5.02 Å². The van der Waals surface area contributed by atoms with Crippen LogP contribution < -0.4 is 10.7 Å². The van der Waals surface area contributed by atoms with Crippen molar-refractivity contribution in [1.82, 2.24) is 19.5 Å². The first-order valence-corrected chi connectivity index (χ1v) is 12.0. The van der Waals surface area contributed by atoms with Gasteiger partial charge in [-0.2, -0.15) is 0 Å². The van der Waals surface area contributed by atoms with E-state index in [1.165, 1.54) is 6.33 Å². The van der Waals surface area contributed by atoms with Crippen molar-refractivity contribution in [2.24, 2.45) is 4.99 Å². The van der Waals surface area contributed by atoms with Gasteiger partial charge in [0.1, 0.15) is 6.33 Å². The van der Waals surface area contributed by atoms with Gasteiger partial charge in [0.05, 0.1) is 57.6 Å². The van der Waals surface area contributed by atoms with Gasteiger partial charge in [0.15, 0.2) is 0 Å². The van der Waals surface area contributed by atoms with E-state index in [1.54, 1.807) is 12.4 Å². The van der Waals surface area contributed by atoms with Gasteiger partial charge in [0, 0.05) is 23.9 Å². The van der Waals surface area contributed by atoms with Gasteiger partial charge >= 0.3 is 0 Å². The van der Waals surface area contributed by atoms with Crippen LogP contribution in [0.15, 0.2) is 84.4 Å². The number of hydrogen-bond acceptors (Lipinski definition) is 6. The zero-order valence-corrected chi connectivity index (χ0v) is 19.7. The number of anilines is 2. The Hall–Kier alpha value is -3.81. The van der Waals surface area contributed by atoms with Crippen LogP contribution in [0.2, 0.25) is 5.02 Å². The number of rotatable bonds is 4. The SMILES string of the molecule is Clc1cccc(-n2c3c/c(=N\C4CCOCC4)c(Nc4cncnc4)cc-3nc3ccccc32)c1. The van der Waals surface area contributed by atoms with Crippen molar-refractivity contribution in [2.75, 3.05) is 18.5 Å². The third-order valence-corrected chi connectivity index (χ3v) is 6.35. The van der Waals surface area contributed by atoms with E-state index < -0.39 is 0 Å². The van der Waals surface area contributed by atoms with Gasteiger partial charge in [0.25, 0.3) is 0 Å². The molecule has 174 valence electrons. The normalized spacial score (nSPS) is 15.1. The number of fused-ring (bicyclic) bond motifs is 2. The van der Waals surface area contributed by atoms with Crippen LogP contribution in [-0.2, 0) is 4.74 Å². The monoisotopic (exact) mass is 482 g/mol. The molecule has 0 saturated carbocycles. The largest absolute Gasteiger partial charge is 0.381 e. The van der Waals surface area contributed by atoms with Crippen molar-refractivity contribution < 1.29 is 4.74 Å². The molecule has 35 heavy (non-hydrogen) atoms. The molecule has 2 aromatic carbocycles. The molecule has 1 aliphatic carbocycles. The summed E-state index contributed by atoms with van der Waals surface area (Å²) in [6.07, 6.45) is 6.80. The summed E-state index contributed by atoms with van der Waals surface area (Å²) < 4.78 is 7.75. The number of hydrogen-bond donors (Lipinski definition) is 1. The third kappa shape index (κ3) is 4.48. The Morgan fingerprint density at radius 1 is 0.971 bits per heavy atom. The molecular weight excluding hydrogens is 460 g/mol. The van der Waals surface area contributed by atoms with E-state index in [-0.39, 0.29) is 6.04 Å². The molecule has 0 atom stereocenters. The van der Waals surface area contributed by atoms with Crippen LogP contribution in [-0.4, -0.2) is 38.8 Å². The van der Waals surface area contributed by atoms with Crippen LogP contribution in [0.5, 0.6) is 0 Å². The number of benzene rings is 3. The van der Waals surface area contributed by atoms with Gasteiger partial charge in [-0.05, 0) is 55.3 Å². The molecule has 1 N–H and O–H groups in total. The topological polar surface area (TPSA) is 77.2 Å². The average molecular weight is 483 g/mol. The second-order valence-corrected chi connectivity index (χ2v) is 8.94. The van der Waals surface area contributed by atoms with E-state index >= 15 is 0 Å². The summed E-state index contributed by atoms with van der Waals surface area (Å²) in [7, 11) is 0. The summed E-state index contributed by atoms with van der Waals surface area (Å²) in [6.45, 7) is 1.46. The Balaban J connectivity index is 1.63. The zero-order valence-electron chi connectivity index (χ0n) is 18.9. The molecule has 2 aliphatic heterocycles. The number of ether oxygens (including phenoxy) is 1. The molecule has 3 aromatic rings. The van der Waals surface area contributed by atoms with Crippen molar-refractivity contribution in [2.45, 2.75) is 18.9 Å². The van der Waals surface area contributed by atoms with Crippen molar-refractivity contribution in [3.05, 3.63) is 89.8 Å². The van der Waals surface area contributed by atoms with E-state index in [1.807, 2.05) is 42.5 Å². The molecule has 1 aromatic heterocycles. The molecule has 6 rings (SSSR count). The predicted molar refractivity (Wildman–Crippen MR) is 137 cm³/mol. The molecule has 0 amide bonds. The molecule has 3 aliphatic rings. The first kappa shape index (κ1) is 21.7. The maximum atomic E-state index is 6.39. The molecule has 0 unspecified atom stereocenters. The second-order valence-electron chi connectivity index (χ2n) is 8.50. The number of para-hydroxylation sites is 2. The van der Waals surface area contributed by atoms with Gasteiger partial charge in [-0.3, -0.25) is 4.99 Å². The Morgan fingerprint density at radius 3 is 2.63 bits per heavy atom. The molecule has 7 nitrogen and oxygen atoms in total. The Bertz CT molecular complexity index is 1530. The van der Waals surface area contributed by atoms with Gasteiger partial charge in [-0.25, -0.2) is 15.0 Å². The van der Waals surface area contributed by atoms with Crippen molar-refractivity contribution >= 4 is 34.0 Å². The van der Waals surface area contributed by atoms with Crippen molar-refractivity contribution in [3.8, 4) is 17.1 Å². The van der Waals surface area contributed by atoms with Gasteiger partial charge < -0.3 is 14.6 Å². The minimum absolute atomic E-state index is 0.196. The van der Waals surface area contributed by atoms with Crippen LogP contribution in [0.3, 0.4) is 0 Å². The molecular formula is C27H23ClN6O. The van der Waals surface area contributed by atoms with Crippen molar-refractivity contribution in [3.63, 3.8) is 0 Å². The molecule has 1 fully saturated rings. The molecule has 0 spiro atoms. The Labute approximate surface area is 207 Å². The Kier molecular flexibility index (Phi) is 5.86. The van der Waals surface area contributed by atoms with Crippen LogP contribution >= 0.6 is 11.6 Å². The number of aromatic nitrogens is 4. The van der Waals surface area contributed by atoms with Gasteiger partial charge in [0.2, 0.25) is 0 Å². The summed E-state index contributed by atoms with van der Waals surface area (Å²) in [5, 5.41) is 4.99. The average Bonchev–Trinajstić information content (AvgIpc) is 2.89. The van der Waals surface area contributed by atoms with Gasteiger partial charge in [-0.15, -0.1) is 0 Å². The lowest BCUT2D eigenvalue weighted by atomic mass is 10.1. The first-order valence-electron chi connectivity index (χ1n) is 11.6. The highest BCUT2D eigenvalue weighted by Crippen LogP contribution is 2.31. The molecule has 8 heteroatoms. The quantitative estimate of drug-likeness (QED) is 0.347. The second kappa shape index (κ2) is 9.44. The first-order chi connectivity index (χ1) is 17.2. The third-order valence-electron chi connectivity index (χ3n) is 6.12. The highest BCUT2D eigenvalue weighted by atomic mass is 35.5. The molecule has 0 radical (unpaired) electrons. The van der Waals surface area contributed by atoms with E-state index in [0.717, 1.165) is 70.9 Å². The highest BCUT2D eigenvalue weighted by molar-refractivity contribution is 6.30. The van der Waals surface area contributed by atoms with E-state index in [4.69, 9.17) is 26.3 Å². The summed E-state index contributed by atoms with van der Waals surface area (Å²) in [5.74, 6) is 0. The fraction of sp³-hybridized carbons (Fsp3) is 0.185. The number of nitrogens with one attached hydrogen (secondary N) is 1. The fourth-order valence-electron chi connectivity index (χ4n) is 4.47. The van der Waals surface area contributed by atoms with Crippen LogP contribution in [0, 0.1) is 0 Å². The smallest absolute Gasteiger partial charge is 0.115 e. The van der Waals surface area contributed by atoms with Gasteiger partial charge in [-0.1, -0.05) is 29.8 Å². The summed E-state index contributed by atoms with van der Waals surface area (Å²) in [6, 6.07) is 20.3. The minimum Gasteiger partial charge on any atom is -0.381 e. The maximum absolute atomic E-state index is 6.39. The number of nitrogens with zero attached hydrogens (tertiary/aromatic N) is 5. The van der Waals surface area contributed by atoms with Crippen molar-refractivity contribution in [1.29, 1.82) is 0 Å². The Morgan fingerprint density at radius 2 is 1.80 bits per heavy atom. The predicted octanol–water partition coefficient (Wildman–Crippen LogP) is 5.40.